The van der Waals surface area contributed by atoms with E-state index in [4.69, 9.17) is 4.98 Å². The Bertz CT molecular complexity index is 1980. The van der Waals surface area contributed by atoms with Crippen molar-refractivity contribution >= 4 is 32.4 Å². The van der Waals surface area contributed by atoms with Crippen molar-refractivity contribution in [1.82, 2.24) is 9.97 Å². The van der Waals surface area contributed by atoms with Crippen molar-refractivity contribution < 1.29 is 8.78 Å². The molecule has 0 atom stereocenters. The minimum atomic E-state index is -0.886. The number of halogens is 2. The van der Waals surface area contributed by atoms with Crippen LogP contribution in [0.1, 0.15) is 0 Å². The minimum absolute atomic E-state index is 0.543. The molecule has 0 fully saturated rings. The van der Waals surface area contributed by atoms with Crippen LogP contribution in [-0.2, 0) is 0 Å². The van der Waals surface area contributed by atoms with Crippen LogP contribution in [0.15, 0.2) is 122 Å². The van der Waals surface area contributed by atoms with Gasteiger partial charge < -0.3 is 0 Å². The standard InChI is InChI=1S/C34H20F2N2/c35-30-17-14-23(19-31(30)36)34-29-16-15-26-25(22-12-10-21(11-13-22)24-5-4-18-37-20-24)7-3-8-27(26)33(29)28-6-1-2-9-32(28)38-34/h1-20H. The first kappa shape index (κ1) is 22.3. The van der Waals surface area contributed by atoms with E-state index in [1.165, 1.54) is 6.07 Å². The van der Waals surface area contributed by atoms with Crippen molar-refractivity contribution in [2.75, 3.05) is 0 Å². The summed E-state index contributed by atoms with van der Waals surface area (Å²) in [7, 11) is 0. The maximum absolute atomic E-state index is 14.2. The van der Waals surface area contributed by atoms with E-state index in [1.807, 2.05) is 36.5 Å². The van der Waals surface area contributed by atoms with Crippen molar-refractivity contribution in [1.29, 1.82) is 0 Å². The highest BCUT2D eigenvalue weighted by molar-refractivity contribution is 6.24. The Kier molecular flexibility index (Phi) is 5.19. The summed E-state index contributed by atoms with van der Waals surface area (Å²) >= 11 is 0. The molecule has 5 aromatic carbocycles. The SMILES string of the molecule is Fc1ccc(-c2nc3ccccc3c3c2ccc2c(-c4ccc(-c5cccnc5)cc4)cccc23)cc1F. The first-order chi connectivity index (χ1) is 18.7. The summed E-state index contributed by atoms with van der Waals surface area (Å²) in [6.07, 6.45) is 3.64. The third-order valence-electron chi connectivity index (χ3n) is 7.11. The van der Waals surface area contributed by atoms with Crippen molar-refractivity contribution in [3.63, 3.8) is 0 Å². The zero-order valence-corrected chi connectivity index (χ0v) is 20.2. The van der Waals surface area contributed by atoms with Gasteiger partial charge >= 0.3 is 0 Å². The zero-order valence-electron chi connectivity index (χ0n) is 20.2. The summed E-state index contributed by atoms with van der Waals surface area (Å²) < 4.78 is 27.9. The smallest absolute Gasteiger partial charge is 0.159 e. The van der Waals surface area contributed by atoms with Gasteiger partial charge in [0.2, 0.25) is 0 Å². The fraction of sp³-hybridized carbons (Fsp3) is 0. The molecule has 7 rings (SSSR count). The first-order valence-electron chi connectivity index (χ1n) is 12.4. The molecule has 0 aliphatic heterocycles. The number of nitrogens with zero attached hydrogens (tertiary/aromatic N) is 2. The largest absolute Gasteiger partial charge is 0.264 e. The van der Waals surface area contributed by atoms with Gasteiger partial charge in [0.25, 0.3) is 0 Å². The van der Waals surface area contributed by atoms with Gasteiger partial charge in [0.15, 0.2) is 11.6 Å². The van der Waals surface area contributed by atoms with Gasteiger partial charge in [-0.05, 0) is 63.4 Å². The summed E-state index contributed by atoms with van der Waals surface area (Å²) in [6.45, 7) is 0. The lowest BCUT2D eigenvalue weighted by molar-refractivity contribution is 0.509. The van der Waals surface area contributed by atoms with E-state index in [0.717, 1.165) is 60.8 Å². The molecule has 7 aromatic rings. The Hall–Kier alpha value is -4.96. The van der Waals surface area contributed by atoms with Gasteiger partial charge in [-0.2, -0.15) is 0 Å². The molecule has 0 saturated heterocycles. The summed E-state index contributed by atoms with van der Waals surface area (Å²) in [5.41, 5.74) is 6.40. The van der Waals surface area contributed by atoms with Gasteiger partial charge in [0.1, 0.15) is 0 Å². The summed E-state index contributed by atoms with van der Waals surface area (Å²) in [4.78, 5) is 9.11. The summed E-state index contributed by atoms with van der Waals surface area (Å²) in [5, 5.41) is 5.15. The monoisotopic (exact) mass is 494 g/mol. The Balaban J connectivity index is 1.48. The number of hydrogen-bond donors (Lipinski definition) is 0. The van der Waals surface area contributed by atoms with Gasteiger partial charge in [-0.25, -0.2) is 13.8 Å². The van der Waals surface area contributed by atoms with Gasteiger partial charge in [-0.1, -0.05) is 78.9 Å². The fourth-order valence-electron chi connectivity index (χ4n) is 5.30. The first-order valence-corrected chi connectivity index (χ1v) is 12.4. The van der Waals surface area contributed by atoms with E-state index in [9.17, 15) is 8.78 Å². The molecule has 0 saturated carbocycles. The van der Waals surface area contributed by atoms with Gasteiger partial charge in [-0.3, -0.25) is 4.98 Å². The van der Waals surface area contributed by atoms with E-state index in [2.05, 4.69) is 65.6 Å². The number of rotatable bonds is 3. The molecule has 0 amide bonds. The van der Waals surface area contributed by atoms with Crippen LogP contribution in [0.3, 0.4) is 0 Å². The molecule has 0 bridgehead atoms. The molecule has 2 heterocycles. The molecule has 0 radical (unpaired) electrons. The van der Waals surface area contributed by atoms with E-state index in [0.29, 0.717) is 11.3 Å². The highest BCUT2D eigenvalue weighted by Gasteiger charge is 2.16. The van der Waals surface area contributed by atoms with Crippen LogP contribution >= 0.6 is 0 Å². The van der Waals surface area contributed by atoms with Crippen molar-refractivity contribution in [3.05, 3.63) is 133 Å². The van der Waals surface area contributed by atoms with Gasteiger partial charge in [-0.15, -0.1) is 0 Å². The number of benzene rings is 5. The van der Waals surface area contributed by atoms with E-state index in [1.54, 1.807) is 12.3 Å². The predicted molar refractivity (Wildman–Crippen MR) is 151 cm³/mol. The topological polar surface area (TPSA) is 25.8 Å². The van der Waals surface area contributed by atoms with Crippen LogP contribution in [-0.4, -0.2) is 9.97 Å². The second kappa shape index (κ2) is 8.86. The van der Waals surface area contributed by atoms with E-state index >= 15 is 0 Å². The van der Waals surface area contributed by atoms with Gasteiger partial charge in [0.05, 0.1) is 11.2 Å². The molecule has 0 unspecified atom stereocenters. The number of hydrogen-bond acceptors (Lipinski definition) is 2. The molecule has 180 valence electrons. The van der Waals surface area contributed by atoms with Crippen LogP contribution in [0.5, 0.6) is 0 Å². The quantitative estimate of drug-likeness (QED) is 0.229. The Morgan fingerprint density at radius 1 is 0.500 bits per heavy atom. The normalized spacial score (nSPS) is 11.4. The molecule has 0 spiro atoms. The Labute approximate surface area is 217 Å². The predicted octanol–water partition coefficient (Wildman–Crippen LogP) is 9.22. The number of pyridine rings is 2. The lowest BCUT2D eigenvalue weighted by atomic mass is 9.91. The van der Waals surface area contributed by atoms with Crippen LogP contribution < -0.4 is 0 Å². The summed E-state index contributed by atoms with van der Waals surface area (Å²) in [6, 6.07) is 34.9. The highest BCUT2D eigenvalue weighted by Crippen LogP contribution is 2.40. The third kappa shape index (κ3) is 3.61. The summed E-state index contributed by atoms with van der Waals surface area (Å²) in [5.74, 6) is -1.76. The maximum Gasteiger partial charge on any atom is 0.159 e. The third-order valence-corrected chi connectivity index (χ3v) is 7.11. The van der Waals surface area contributed by atoms with E-state index in [-0.39, 0.29) is 0 Å². The Morgan fingerprint density at radius 3 is 2.08 bits per heavy atom. The molecular weight excluding hydrogens is 474 g/mol. The minimum Gasteiger partial charge on any atom is -0.264 e. The lowest BCUT2D eigenvalue weighted by Gasteiger charge is -2.15. The van der Waals surface area contributed by atoms with Crippen molar-refractivity contribution in [2.45, 2.75) is 0 Å². The molecule has 2 nitrogen and oxygen atoms in total. The van der Waals surface area contributed by atoms with Crippen molar-refractivity contribution in [2.24, 2.45) is 0 Å². The second-order valence-electron chi connectivity index (χ2n) is 9.31. The van der Waals surface area contributed by atoms with Gasteiger partial charge in [0, 0.05) is 34.1 Å². The van der Waals surface area contributed by atoms with Crippen LogP contribution in [0.2, 0.25) is 0 Å². The number of aromatic nitrogens is 2. The number of fused-ring (bicyclic) bond motifs is 5. The molecule has 38 heavy (non-hydrogen) atoms. The van der Waals surface area contributed by atoms with Crippen molar-refractivity contribution in [3.8, 4) is 33.5 Å². The molecule has 4 heteroatoms. The molecular formula is C34H20F2N2. The van der Waals surface area contributed by atoms with Crippen LogP contribution in [0, 0.1) is 11.6 Å². The number of para-hydroxylation sites is 1. The molecule has 0 aliphatic rings. The second-order valence-corrected chi connectivity index (χ2v) is 9.31. The lowest BCUT2D eigenvalue weighted by Crippen LogP contribution is -1.93. The average molecular weight is 495 g/mol. The van der Waals surface area contributed by atoms with Crippen LogP contribution in [0.25, 0.3) is 66.0 Å². The maximum atomic E-state index is 14.2. The molecule has 2 aromatic heterocycles. The highest BCUT2D eigenvalue weighted by atomic mass is 19.2. The fourth-order valence-corrected chi connectivity index (χ4v) is 5.30. The van der Waals surface area contributed by atoms with Crippen LogP contribution in [0.4, 0.5) is 8.78 Å². The average Bonchev–Trinajstić information content (AvgIpc) is 2.98. The molecule has 0 N–H and O–H groups in total. The zero-order chi connectivity index (χ0) is 25.6. The Morgan fingerprint density at radius 2 is 1.26 bits per heavy atom. The molecule has 0 aliphatic carbocycles. The van der Waals surface area contributed by atoms with E-state index < -0.39 is 11.6 Å².